The Morgan fingerprint density at radius 2 is 1.85 bits per heavy atom. The molecule has 13 heavy (non-hydrogen) atoms. The third-order valence-corrected chi connectivity index (χ3v) is 1.87. The van der Waals surface area contributed by atoms with E-state index in [9.17, 15) is 4.91 Å². The molecule has 2 N–H and O–H groups in total. The zero-order valence-electron chi connectivity index (χ0n) is 7.66. The number of benzene rings is 1. The number of nitrogens with zero attached hydrogens (tertiary/aromatic N) is 1. The summed E-state index contributed by atoms with van der Waals surface area (Å²) < 4.78 is 0. The van der Waals surface area contributed by atoms with Crippen molar-refractivity contribution in [1.82, 2.24) is 4.85 Å². The number of rotatable bonds is 3. The molecule has 0 aromatic heterocycles. The molecule has 0 saturated carbocycles. The summed E-state index contributed by atoms with van der Waals surface area (Å²) in [6, 6.07) is 7.87. The zero-order valence-corrected chi connectivity index (χ0v) is 7.66. The Labute approximate surface area is 77.3 Å². The number of hydrogen-bond donors (Lipinski definition) is 1. The highest BCUT2D eigenvalue weighted by Crippen LogP contribution is 2.04. The van der Waals surface area contributed by atoms with Gasteiger partial charge < -0.3 is 5.73 Å². The van der Waals surface area contributed by atoms with E-state index >= 15 is 0 Å². The van der Waals surface area contributed by atoms with Crippen molar-refractivity contribution in [3.05, 3.63) is 40.3 Å². The monoisotopic (exact) mass is 177 g/mol. The van der Waals surface area contributed by atoms with Gasteiger partial charge >= 0.3 is 5.71 Å². The van der Waals surface area contributed by atoms with Crippen LogP contribution in [0.5, 0.6) is 0 Å². The van der Waals surface area contributed by atoms with Gasteiger partial charge in [0.15, 0.2) is 4.91 Å². The molecular weight excluding hydrogens is 164 g/mol. The van der Waals surface area contributed by atoms with E-state index in [1.54, 1.807) is 6.92 Å². The van der Waals surface area contributed by atoms with Crippen molar-refractivity contribution in [3.63, 3.8) is 0 Å². The number of nitrogens with two attached hydrogens (primary N) is 1. The first-order valence-corrected chi connectivity index (χ1v) is 4.20. The van der Waals surface area contributed by atoms with E-state index < -0.39 is 0 Å². The summed E-state index contributed by atoms with van der Waals surface area (Å²) in [5.41, 5.74) is 8.24. The summed E-state index contributed by atoms with van der Waals surface area (Å²) in [7, 11) is 0. The second-order valence-electron chi connectivity index (χ2n) is 3.02. The van der Waals surface area contributed by atoms with Crippen LogP contribution in [0.25, 0.3) is 0 Å². The van der Waals surface area contributed by atoms with Crippen LogP contribution in [0.1, 0.15) is 18.1 Å². The molecule has 0 amide bonds. The van der Waals surface area contributed by atoms with Crippen molar-refractivity contribution in [1.29, 1.82) is 0 Å². The molecule has 0 saturated heterocycles. The van der Waals surface area contributed by atoms with Crippen molar-refractivity contribution in [2.45, 2.75) is 19.9 Å². The Bertz CT molecular complexity index is 323. The Morgan fingerprint density at radius 3 is 2.31 bits per heavy atom. The minimum atomic E-state index is 0.551. The quantitative estimate of drug-likeness (QED) is 0.552. The molecule has 0 radical (unpaired) electrons. The second kappa shape index (κ2) is 4.55. The van der Waals surface area contributed by atoms with E-state index in [2.05, 4.69) is 4.85 Å². The van der Waals surface area contributed by atoms with Crippen LogP contribution in [-0.4, -0.2) is 5.71 Å². The van der Waals surface area contributed by atoms with Crippen LogP contribution in [0.3, 0.4) is 0 Å². The highest BCUT2D eigenvalue weighted by atomic mass is 16.2. The number of hydrogen-bond acceptors (Lipinski definition) is 2. The molecule has 0 unspecified atom stereocenters. The topological polar surface area (TPSA) is 57.2 Å². The van der Waals surface area contributed by atoms with Gasteiger partial charge in [-0.25, -0.2) is 0 Å². The number of nitroso groups, excluding NO2 is 1. The van der Waals surface area contributed by atoms with Crippen LogP contribution in [0.15, 0.2) is 24.3 Å². The van der Waals surface area contributed by atoms with Gasteiger partial charge in [-0.15, -0.1) is 0 Å². The maximum absolute atomic E-state index is 10.1. The van der Waals surface area contributed by atoms with E-state index in [4.69, 9.17) is 5.73 Å². The molecule has 1 aromatic carbocycles. The lowest BCUT2D eigenvalue weighted by Crippen LogP contribution is -2.01. The molecule has 0 aliphatic heterocycles. The molecule has 0 heterocycles. The second-order valence-corrected chi connectivity index (χ2v) is 3.02. The lowest BCUT2D eigenvalue weighted by molar-refractivity contribution is 1.07. The summed E-state index contributed by atoms with van der Waals surface area (Å²) in [6.07, 6.45) is 0.619. The van der Waals surface area contributed by atoms with E-state index in [1.807, 2.05) is 24.3 Å². The van der Waals surface area contributed by atoms with Gasteiger partial charge in [-0.1, -0.05) is 24.3 Å². The van der Waals surface area contributed by atoms with Gasteiger partial charge in [0.25, 0.3) is 0 Å². The molecule has 1 aromatic rings. The molecule has 1 rings (SSSR count). The fraction of sp³-hybridized carbons (Fsp3) is 0.300. The zero-order chi connectivity index (χ0) is 9.68. The predicted octanol–water partition coefficient (Wildman–Crippen LogP) is 0.982. The van der Waals surface area contributed by atoms with Gasteiger partial charge in [-0.3, -0.25) is 0 Å². The lowest BCUT2D eigenvalue weighted by Gasteiger charge is -1.97. The molecule has 0 bridgehead atoms. The van der Waals surface area contributed by atoms with Gasteiger partial charge in [0.1, 0.15) is 0 Å². The summed E-state index contributed by atoms with van der Waals surface area (Å²) in [5.74, 6) is 0. The third-order valence-electron chi connectivity index (χ3n) is 1.87. The van der Waals surface area contributed by atoms with Gasteiger partial charge in [0.2, 0.25) is 4.85 Å². The molecule has 0 spiro atoms. The smallest absolute Gasteiger partial charge is 0.326 e. The standard InChI is InChI=1S/C10H13N2O/c1-8(12-13)6-9-2-4-10(7-11)5-3-9/h2-5H,6-7,11H2,1H3/q+1. The first-order valence-electron chi connectivity index (χ1n) is 4.20. The predicted molar refractivity (Wildman–Crippen MR) is 54.2 cm³/mol. The van der Waals surface area contributed by atoms with Gasteiger partial charge in [-0.05, 0) is 11.1 Å². The minimum Gasteiger partial charge on any atom is -0.326 e. The van der Waals surface area contributed by atoms with Crippen molar-refractivity contribution < 1.29 is 0 Å². The van der Waals surface area contributed by atoms with Crippen molar-refractivity contribution in [2.75, 3.05) is 0 Å². The molecule has 68 valence electrons. The fourth-order valence-electron chi connectivity index (χ4n) is 1.12. The van der Waals surface area contributed by atoms with Gasteiger partial charge in [0.05, 0.1) is 6.42 Å². The van der Waals surface area contributed by atoms with E-state index in [-0.39, 0.29) is 0 Å². The Balaban J connectivity index is 2.75. The Kier molecular flexibility index (Phi) is 3.38. The molecule has 3 nitrogen and oxygen atoms in total. The molecule has 0 aliphatic carbocycles. The fourth-order valence-corrected chi connectivity index (χ4v) is 1.12. The van der Waals surface area contributed by atoms with Crippen LogP contribution >= 0.6 is 0 Å². The lowest BCUT2D eigenvalue weighted by atomic mass is 10.1. The van der Waals surface area contributed by atoms with E-state index in [0.717, 1.165) is 11.1 Å². The van der Waals surface area contributed by atoms with E-state index in [0.29, 0.717) is 18.7 Å². The normalized spacial score (nSPS) is 9.38. The SMILES string of the molecule is CC(Cc1ccc(CN)cc1)=[N+]=O. The first-order chi connectivity index (χ1) is 6.26. The van der Waals surface area contributed by atoms with Gasteiger partial charge in [-0.2, -0.15) is 0 Å². The third kappa shape index (κ3) is 2.82. The molecular formula is C10H13N2O+. The highest BCUT2D eigenvalue weighted by molar-refractivity contribution is 5.82. The average molecular weight is 177 g/mol. The first kappa shape index (κ1) is 9.65. The summed E-state index contributed by atoms with van der Waals surface area (Å²) >= 11 is 0. The summed E-state index contributed by atoms with van der Waals surface area (Å²) in [4.78, 5) is 13.0. The summed E-state index contributed by atoms with van der Waals surface area (Å²) in [6.45, 7) is 2.28. The highest BCUT2D eigenvalue weighted by Gasteiger charge is 2.05. The largest absolute Gasteiger partial charge is 0.350 e. The average Bonchev–Trinajstić information content (AvgIpc) is 2.19. The molecule has 3 heteroatoms. The van der Waals surface area contributed by atoms with E-state index in [1.165, 1.54) is 0 Å². The Morgan fingerprint density at radius 1 is 1.31 bits per heavy atom. The van der Waals surface area contributed by atoms with Gasteiger partial charge in [0, 0.05) is 13.5 Å². The van der Waals surface area contributed by atoms with Crippen LogP contribution in [0.2, 0.25) is 0 Å². The molecule has 0 aliphatic rings. The van der Waals surface area contributed by atoms with Crippen LogP contribution in [-0.2, 0) is 13.0 Å². The van der Waals surface area contributed by atoms with Crippen LogP contribution in [0, 0.1) is 4.91 Å². The Hall–Kier alpha value is -1.44. The maximum Gasteiger partial charge on any atom is 0.350 e. The summed E-state index contributed by atoms with van der Waals surface area (Å²) in [5, 5.41) is 0. The molecule has 0 fully saturated rings. The van der Waals surface area contributed by atoms with Crippen LogP contribution in [0.4, 0.5) is 0 Å². The molecule has 0 atom stereocenters. The van der Waals surface area contributed by atoms with Crippen molar-refractivity contribution in [3.8, 4) is 0 Å². The van der Waals surface area contributed by atoms with Crippen LogP contribution < -0.4 is 10.6 Å². The van der Waals surface area contributed by atoms with Crippen molar-refractivity contribution >= 4 is 5.71 Å². The minimum absolute atomic E-state index is 0.551. The maximum atomic E-state index is 10.1. The van der Waals surface area contributed by atoms with Crippen molar-refractivity contribution in [2.24, 2.45) is 5.73 Å².